The SMILES string of the molecule is CCOC(=O)C1(C(=O)O)CC1c1cccc(OC)c1. The van der Waals surface area contributed by atoms with Crippen LogP contribution in [0.1, 0.15) is 24.8 Å². The minimum atomic E-state index is -1.43. The molecule has 0 bridgehead atoms. The topological polar surface area (TPSA) is 72.8 Å². The number of esters is 1. The molecule has 2 rings (SSSR count). The Kier molecular flexibility index (Phi) is 3.46. The smallest absolute Gasteiger partial charge is 0.324 e. The summed E-state index contributed by atoms with van der Waals surface area (Å²) in [6.45, 7) is 1.84. The molecule has 0 heterocycles. The summed E-state index contributed by atoms with van der Waals surface area (Å²) < 4.78 is 9.99. The van der Waals surface area contributed by atoms with Crippen molar-refractivity contribution in [3.63, 3.8) is 0 Å². The van der Waals surface area contributed by atoms with E-state index in [1.54, 1.807) is 38.3 Å². The lowest BCUT2D eigenvalue weighted by Crippen LogP contribution is -2.29. The van der Waals surface area contributed by atoms with Crippen LogP contribution in [0.15, 0.2) is 24.3 Å². The lowest BCUT2D eigenvalue weighted by Gasteiger charge is -2.11. The van der Waals surface area contributed by atoms with E-state index in [9.17, 15) is 14.7 Å². The summed E-state index contributed by atoms with van der Waals surface area (Å²) in [5.74, 6) is -1.49. The lowest BCUT2D eigenvalue weighted by atomic mass is 9.99. The van der Waals surface area contributed by atoms with Crippen LogP contribution in [-0.4, -0.2) is 30.8 Å². The summed E-state index contributed by atoms with van der Waals surface area (Å²) in [5.41, 5.74) is -0.641. The Bertz CT molecular complexity index is 510. The molecule has 0 amide bonds. The van der Waals surface area contributed by atoms with Gasteiger partial charge in [0, 0.05) is 5.92 Å². The summed E-state index contributed by atoms with van der Waals surface area (Å²) in [5, 5.41) is 9.33. The second-order valence-electron chi connectivity index (χ2n) is 4.53. The first kappa shape index (κ1) is 13.4. The molecular weight excluding hydrogens is 248 g/mol. The zero-order valence-electron chi connectivity index (χ0n) is 10.9. The van der Waals surface area contributed by atoms with Crippen LogP contribution < -0.4 is 4.74 Å². The third kappa shape index (κ3) is 2.16. The highest BCUT2D eigenvalue weighted by Crippen LogP contribution is 2.60. The number of carbonyl (C=O) groups excluding carboxylic acids is 1. The van der Waals surface area contributed by atoms with E-state index in [1.165, 1.54) is 0 Å². The summed E-state index contributed by atoms with van der Waals surface area (Å²) in [4.78, 5) is 23.3. The molecule has 0 radical (unpaired) electrons. The van der Waals surface area contributed by atoms with Crippen molar-refractivity contribution in [1.29, 1.82) is 0 Å². The van der Waals surface area contributed by atoms with E-state index in [4.69, 9.17) is 9.47 Å². The molecule has 5 heteroatoms. The normalized spacial score (nSPS) is 24.6. The van der Waals surface area contributed by atoms with Crippen molar-refractivity contribution in [3.8, 4) is 5.75 Å². The minimum Gasteiger partial charge on any atom is -0.497 e. The van der Waals surface area contributed by atoms with Crippen LogP contribution in [0, 0.1) is 5.41 Å². The fourth-order valence-corrected chi connectivity index (χ4v) is 2.33. The molecule has 1 aliphatic rings. The van der Waals surface area contributed by atoms with Crippen molar-refractivity contribution in [3.05, 3.63) is 29.8 Å². The van der Waals surface area contributed by atoms with Crippen molar-refractivity contribution in [2.45, 2.75) is 19.3 Å². The number of ether oxygens (including phenoxy) is 2. The number of carboxylic acid groups (broad SMARTS) is 1. The van der Waals surface area contributed by atoms with Gasteiger partial charge in [-0.3, -0.25) is 9.59 Å². The lowest BCUT2D eigenvalue weighted by molar-refractivity contribution is -0.161. The van der Waals surface area contributed by atoms with Gasteiger partial charge in [0.25, 0.3) is 0 Å². The maximum atomic E-state index is 11.9. The number of hydrogen-bond donors (Lipinski definition) is 1. The van der Waals surface area contributed by atoms with Crippen molar-refractivity contribution < 1.29 is 24.2 Å². The van der Waals surface area contributed by atoms with Crippen molar-refractivity contribution in [2.24, 2.45) is 5.41 Å². The average Bonchev–Trinajstić information content (AvgIpc) is 3.16. The van der Waals surface area contributed by atoms with E-state index in [-0.39, 0.29) is 18.9 Å². The van der Waals surface area contributed by atoms with Gasteiger partial charge in [-0.2, -0.15) is 0 Å². The molecule has 2 atom stereocenters. The van der Waals surface area contributed by atoms with Gasteiger partial charge in [-0.1, -0.05) is 12.1 Å². The molecule has 1 saturated carbocycles. The van der Waals surface area contributed by atoms with E-state index < -0.39 is 17.4 Å². The van der Waals surface area contributed by atoms with Gasteiger partial charge in [0.15, 0.2) is 5.41 Å². The van der Waals surface area contributed by atoms with Gasteiger partial charge in [0.2, 0.25) is 0 Å². The van der Waals surface area contributed by atoms with Gasteiger partial charge in [0.1, 0.15) is 5.75 Å². The van der Waals surface area contributed by atoms with Crippen molar-refractivity contribution in [1.82, 2.24) is 0 Å². The highest BCUT2D eigenvalue weighted by Gasteiger charge is 2.68. The molecule has 0 spiro atoms. The van der Waals surface area contributed by atoms with Crippen LogP contribution in [0.25, 0.3) is 0 Å². The molecule has 0 saturated heterocycles. The Morgan fingerprint density at radius 3 is 2.79 bits per heavy atom. The fourth-order valence-electron chi connectivity index (χ4n) is 2.33. The van der Waals surface area contributed by atoms with Crippen molar-refractivity contribution >= 4 is 11.9 Å². The first-order valence-corrected chi connectivity index (χ1v) is 6.10. The van der Waals surface area contributed by atoms with E-state index in [0.29, 0.717) is 5.75 Å². The van der Waals surface area contributed by atoms with Crippen LogP contribution in [-0.2, 0) is 14.3 Å². The highest BCUT2D eigenvalue weighted by molar-refractivity contribution is 6.04. The summed E-state index contributed by atoms with van der Waals surface area (Å²) in [6, 6.07) is 7.12. The van der Waals surface area contributed by atoms with Gasteiger partial charge in [-0.05, 0) is 31.0 Å². The van der Waals surface area contributed by atoms with E-state index >= 15 is 0 Å². The van der Waals surface area contributed by atoms with Crippen LogP contribution >= 0.6 is 0 Å². The largest absolute Gasteiger partial charge is 0.497 e. The first-order chi connectivity index (χ1) is 9.06. The Morgan fingerprint density at radius 1 is 1.47 bits per heavy atom. The van der Waals surface area contributed by atoms with E-state index in [2.05, 4.69) is 0 Å². The van der Waals surface area contributed by atoms with E-state index in [1.807, 2.05) is 0 Å². The number of aliphatic carboxylic acids is 1. The predicted molar refractivity (Wildman–Crippen MR) is 67.1 cm³/mol. The van der Waals surface area contributed by atoms with Gasteiger partial charge in [-0.25, -0.2) is 0 Å². The van der Waals surface area contributed by atoms with Gasteiger partial charge in [0.05, 0.1) is 13.7 Å². The molecule has 0 aromatic heterocycles. The summed E-state index contributed by atoms with van der Waals surface area (Å²) in [7, 11) is 1.54. The van der Waals surface area contributed by atoms with E-state index in [0.717, 1.165) is 5.56 Å². The zero-order valence-corrected chi connectivity index (χ0v) is 10.9. The molecule has 1 aliphatic carbocycles. The maximum absolute atomic E-state index is 11.9. The molecule has 1 aromatic rings. The van der Waals surface area contributed by atoms with Crippen LogP contribution in [0.2, 0.25) is 0 Å². The third-order valence-corrected chi connectivity index (χ3v) is 3.48. The second kappa shape index (κ2) is 4.91. The number of rotatable bonds is 5. The Hall–Kier alpha value is -2.04. The number of carboxylic acids is 1. The van der Waals surface area contributed by atoms with Crippen LogP contribution in [0.3, 0.4) is 0 Å². The zero-order chi connectivity index (χ0) is 14.0. The van der Waals surface area contributed by atoms with Crippen LogP contribution in [0.4, 0.5) is 0 Å². The predicted octanol–water partition coefficient (Wildman–Crippen LogP) is 1.82. The molecule has 1 fully saturated rings. The Labute approximate surface area is 111 Å². The third-order valence-electron chi connectivity index (χ3n) is 3.48. The van der Waals surface area contributed by atoms with Crippen LogP contribution in [0.5, 0.6) is 5.75 Å². The molecule has 19 heavy (non-hydrogen) atoms. The van der Waals surface area contributed by atoms with Crippen molar-refractivity contribution in [2.75, 3.05) is 13.7 Å². The average molecular weight is 264 g/mol. The highest BCUT2D eigenvalue weighted by atomic mass is 16.5. The molecule has 1 N–H and O–H groups in total. The molecule has 0 aliphatic heterocycles. The maximum Gasteiger partial charge on any atom is 0.324 e. The number of benzene rings is 1. The number of carbonyl (C=O) groups is 2. The number of hydrogen-bond acceptors (Lipinski definition) is 4. The van der Waals surface area contributed by atoms with Gasteiger partial charge in [-0.15, -0.1) is 0 Å². The monoisotopic (exact) mass is 264 g/mol. The number of methoxy groups -OCH3 is 1. The standard InChI is InChI=1S/C14H16O5/c1-3-19-13(17)14(12(15)16)8-11(14)9-5-4-6-10(7-9)18-2/h4-7,11H,3,8H2,1-2H3,(H,15,16). The Morgan fingerprint density at radius 2 is 2.21 bits per heavy atom. The second-order valence-corrected chi connectivity index (χ2v) is 4.53. The minimum absolute atomic E-state index is 0.179. The first-order valence-electron chi connectivity index (χ1n) is 6.10. The molecule has 102 valence electrons. The van der Waals surface area contributed by atoms with Gasteiger partial charge < -0.3 is 14.6 Å². The summed E-state index contributed by atoms with van der Waals surface area (Å²) in [6.07, 6.45) is 0.272. The molecule has 5 nitrogen and oxygen atoms in total. The Balaban J connectivity index is 2.27. The fraction of sp³-hybridized carbons (Fsp3) is 0.429. The molecule has 2 unspecified atom stereocenters. The van der Waals surface area contributed by atoms with Gasteiger partial charge >= 0.3 is 11.9 Å². The molecule has 1 aromatic carbocycles. The molecular formula is C14H16O5. The quantitative estimate of drug-likeness (QED) is 0.648. The summed E-state index contributed by atoms with van der Waals surface area (Å²) >= 11 is 0.